The predicted molar refractivity (Wildman–Crippen MR) is 148 cm³/mol. The highest BCUT2D eigenvalue weighted by atomic mass is 16.5. The van der Waals surface area contributed by atoms with Crippen LogP contribution in [0.1, 0.15) is 25.7 Å². The van der Waals surface area contributed by atoms with Gasteiger partial charge in [0.25, 0.3) is 0 Å². The highest BCUT2D eigenvalue weighted by Gasteiger charge is 2.26. The van der Waals surface area contributed by atoms with E-state index in [1.54, 1.807) is 18.3 Å². The number of rotatable bonds is 9. The number of amides is 1. The first kappa shape index (κ1) is 24.8. The number of nitrogens with zero attached hydrogens (tertiary/aromatic N) is 3. The zero-order valence-corrected chi connectivity index (χ0v) is 21.8. The second-order valence-corrected chi connectivity index (χ2v) is 9.72. The fraction of sp³-hybridized carbons (Fsp3) is 0.300. The number of carbonyl (C=O) groups is 1. The van der Waals surface area contributed by atoms with Crippen molar-refractivity contribution in [3.05, 3.63) is 67.7 Å². The molecule has 1 N–H and O–H groups in total. The lowest BCUT2D eigenvalue weighted by Gasteiger charge is -2.31. The van der Waals surface area contributed by atoms with Crippen molar-refractivity contribution in [3.8, 4) is 28.6 Å². The molecule has 2 aliphatic rings. The van der Waals surface area contributed by atoms with Crippen LogP contribution in [0.4, 0.5) is 11.5 Å². The summed E-state index contributed by atoms with van der Waals surface area (Å²) in [5, 5.41) is 4.26. The first-order chi connectivity index (χ1) is 19.1. The fourth-order valence-electron chi connectivity index (χ4n) is 4.74. The van der Waals surface area contributed by atoms with Crippen LogP contribution in [0.2, 0.25) is 0 Å². The quantitative estimate of drug-likeness (QED) is 0.276. The van der Waals surface area contributed by atoms with Gasteiger partial charge in [-0.3, -0.25) is 4.79 Å². The molecule has 9 heteroatoms. The molecule has 6 rings (SSSR count). The summed E-state index contributed by atoms with van der Waals surface area (Å²) in [5.74, 6) is 3.29. The summed E-state index contributed by atoms with van der Waals surface area (Å²) in [5.41, 5.74) is 2.43. The highest BCUT2D eigenvalue weighted by Crippen LogP contribution is 2.40. The molecular formula is C30H30N4O5. The zero-order chi connectivity index (χ0) is 26.8. The molecule has 1 aliphatic carbocycles. The third-order valence-electron chi connectivity index (χ3n) is 7.00. The number of aromatic nitrogens is 2. The molecule has 1 amide bonds. The monoisotopic (exact) mass is 526 g/mol. The lowest BCUT2D eigenvalue weighted by atomic mass is 10.1. The number of fused-ring (bicyclic) bond motifs is 1. The van der Waals surface area contributed by atoms with Crippen molar-refractivity contribution < 1.29 is 23.4 Å². The Morgan fingerprint density at radius 3 is 2.54 bits per heavy atom. The van der Waals surface area contributed by atoms with Crippen molar-refractivity contribution in [1.82, 2.24) is 14.9 Å². The van der Waals surface area contributed by atoms with Gasteiger partial charge in [-0.1, -0.05) is 6.58 Å². The van der Waals surface area contributed by atoms with Crippen molar-refractivity contribution in [3.63, 3.8) is 0 Å². The van der Waals surface area contributed by atoms with E-state index < -0.39 is 0 Å². The van der Waals surface area contributed by atoms with Crippen molar-refractivity contribution in [1.29, 1.82) is 0 Å². The van der Waals surface area contributed by atoms with E-state index >= 15 is 0 Å². The van der Waals surface area contributed by atoms with Gasteiger partial charge in [0.05, 0.1) is 30.7 Å². The molecule has 0 unspecified atom stereocenters. The molecule has 2 fully saturated rings. The fourth-order valence-corrected chi connectivity index (χ4v) is 4.74. The molecule has 0 radical (unpaired) electrons. The number of ether oxygens (including phenoxy) is 3. The summed E-state index contributed by atoms with van der Waals surface area (Å²) in [4.78, 5) is 22.8. The van der Waals surface area contributed by atoms with Gasteiger partial charge in [0.2, 0.25) is 5.91 Å². The van der Waals surface area contributed by atoms with E-state index in [4.69, 9.17) is 18.6 Å². The minimum absolute atomic E-state index is 0.0465. The van der Waals surface area contributed by atoms with Crippen LogP contribution in [-0.4, -0.2) is 53.2 Å². The molecule has 2 aromatic heterocycles. The summed E-state index contributed by atoms with van der Waals surface area (Å²) in [7, 11) is 1.61. The van der Waals surface area contributed by atoms with Crippen molar-refractivity contribution in [2.24, 2.45) is 0 Å². The SMILES string of the molecule is C=CC(=O)N1CCC(Oc2cc3c(Nc4cc(-c5ccco5)ccc4OC4CC4)ncnc3cc2OC)CC1. The second-order valence-electron chi connectivity index (χ2n) is 9.72. The van der Waals surface area contributed by atoms with Crippen molar-refractivity contribution >= 4 is 28.3 Å². The molecule has 0 spiro atoms. The Morgan fingerprint density at radius 2 is 1.82 bits per heavy atom. The Balaban J connectivity index is 1.31. The van der Waals surface area contributed by atoms with E-state index in [2.05, 4.69) is 21.9 Å². The van der Waals surface area contributed by atoms with Crippen molar-refractivity contribution in [2.75, 3.05) is 25.5 Å². The lowest BCUT2D eigenvalue weighted by molar-refractivity contribution is -0.127. The van der Waals surface area contributed by atoms with E-state index in [9.17, 15) is 4.79 Å². The van der Waals surface area contributed by atoms with Gasteiger partial charge in [0.1, 0.15) is 29.8 Å². The lowest BCUT2D eigenvalue weighted by Crippen LogP contribution is -2.41. The van der Waals surface area contributed by atoms with Gasteiger partial charge in [-0.2, -0.15) is 0 Å². The van der Waals surface area contributed by atoms with Crippen molar-refractivity contribution in [2.45, 2.75) is 37.9 Å². The van der Waals surface area contributed by atoms with Gasteiger partial charge in [-0.25, -0.2) is 9.97 Å². The van der Waals surface area contributed by atoms with Crippen LogP contribution in [0.25, 0.3) is 22.2 Å². The Morgan fingerprint density at radius 1 is 1.03 bits per heavy atom. The summed E-state index contributed by atoms with van der Waals surface area (Å²) in [6, 6.07) is 13.5. The number of benzene rings is 2. The number of nitrogens with one attached hydrogen (secondary N) is 1. The maximum absolute atomic E-state index is 12.0. The number of piperidine rings is 1. The molecule has 39 heavy (non-hydrogen) atoms. The zero-order valence-electron chi connectivity index (χ0n) is 21.8. The Bertz CT molecular complexity index is 1490. The van der Waals surface area contributed by atoms with Gasteiger partial charge < -0.3 is 28.8 Å². The van der Waals surface area contributed by atoms with E-state index in [0.29, 0.717) is 30.4 Å². The number of likely N-dealkylation sites (tertiary alicyclic amines) is 1. The average Bonchev–Trinajstić information content (AvgIpc) is 3.61. The van der Waals surface area contributed by atoms with Gasteiger partial charge in [-0.05, 0) is 55.3 Å². The standard InChI is InChI=1S/C30H30N4O5/c1-3-29(35)34-12-10-21(11-13-34)39-28-16-22-23(17-27(28)36-2)31-18-32-30(22)33-24-15-19(25-5-4-14-37-25)6-9-26(24)38-20-7-8-20/h3-6,9,14-18,20-21H,1,7-8,10-13H2,2H3,(H,31,32,33). The first-order valence-electron chi connectivity index (χ1n) is 13.1. The smallest absolute Gasteiger partial charge is 0.245 e. The Kier molecular flexibility index (Phi) is 6.79. The summed E-state index contributed by atoms with van der Waals surface area (Å²) < 4.78 is 23.8. The molecule has 1 saturated carbocycles. The van der Waals surface area contributed by atoms with Gasteiger partial charge >= 0.3 is 0 Å². The number of hydrogen-bond donors (Lipinski definition) is 1. The molecular weight excluding hydrogens is 496 g/mol. The third kappa shape index (κ3) is 5.38. The van der Waals surface area contributed by atoms with Crippen LogP contribution in [0.15, 0.2) is 72.1 Å². The van der Waals surface area contributed by atoms with E-state index in [1.807, 2.05) is 42.5 Å². The summed E-state index contributed by atoms with van der Waals surface area (Å²) >= 11 is 0. The third-order valence-corrected chi connectivity index (χ3v) is 7.00. The number of anilines is 2. The molecule has 1 aliphatic heterocycles. The van der Waals surface area contributed by atoms with Gasteiger partial charge in [0.15, 0.2) is 11.5 Å². The van der Waals surface area contributed by atoms with Crippen LogP contribution >= 0.6 is 0 Å². The Hall–Kier alpha value is -4.53. The number of hydrogen-bond acceptors (Lipinski definition) is 8. The molecule has 2 aromatic carbocycles. The molecule has 4 aromatic rings. The summed E-state index contributed by atoms with van der Waals surface area (Å²) in [6.45, 7) is 4.83. The molecule has 0 atom stereocenters. The van der Waals surface area contributed by atoms with E-state index in [0.717, 1.165) is 59.3 Å². The number of methoxy groups -OCH3 is 1. The minimum Gasteiger partial charge on any atom is -0.493 e. The van der Waals surface area contributed by atoms with Crippen LogP contribution in [0.3, 0.4) is 0 Å². The molecule has 1 saturated heterocycles. The topological polar surface area (TPSA) is 99.0 Å². The van der Waals surface area contributed by atoms with Gasteiger partial charge in [0, 0.05) is 42.9 Å². The normalized spacial score (nSPS) is 15.7. The number of carbonyl (C=O) groups excluding carboxylic acids is 1. The van der Waals surface area contributed by atoms with E-state index in [1.165, 1.54) is 12.4 Å². The average molecular weight is 527 g/mol. The maximum Gasteiger partial charge on any atom is 0.245 e. The Labute approximate surface area is 226 Å². The minimum atomic E-state index is -0.0502. The molecule has 200 valence electrons. The molecule has 0 bridgehead atoms. The number of furan rings is 1. The largest absolute Gasteiger partial charge is 0.493 e. The molecule has 9 nitrogen and oxygen atoms in total. The summed E-state index contributed by atoms with van der Waals surface area (Å²) in [6.07, 6.45) is 8.27. The van der Waals surface area contributed by atoms with Crippen LogP contribution < -0.4 is 19.5 Å². The van der Waals surface area contributed by atoms with Crippen LogP contribution in [-0.2, 0) is 4.79 Å². The van der Waals surface area contributed by atoms with E-state index in [-0.39, 0.29) is 18.1 Å². The maximum atomic E-state index is 12.0. The molecule has 3 heterocycles. The predicted octanol–water partition coefficient (Wildman–Crippen LogP) is 5.74. The second kappa shape index (κ2) is 10.7. The van der Waals surface area contributed by atoms with Gasteiger partial charge in [-0.15, -0.1) is 0 Å². The van der Waals surface area contributed by atoms with Crippen LogP contribution in [0, 0.1) is 0 Å². The first-order valence-corrected chi connectivity index (χ1v) is 13.1. The highest BCUT2D eigenvalue weighted by molar-refractivity contribution is 5.93. The van der Waals surface area contributed by atoms with Crippen LogP contribution in [0.5, 0.6) is 17.2 Å².